The normalized spacial score (nSPS) is 6.00. The van der Waals surface area contributed by atoms with Crippen molar-refractivity contribution in [3.05, 3.63) is 6.42 Å². The van der Waals surface area contributed by atoms with Crippen LogP contribution in [-0.4, -0.2) is 7.05 Å². The summed E-state index contributed by atoms with van der Waals surface area (Å²) in [5.41, 5.74) is 4.50. The van der Waals surface area contributed by atoms with Gasteiger partial charge in [-0.3, -0.25) is 0 Å². The zero-order valence-electron chi connectivity index (χ0n) is 4.86. The highest BCUT2D eigenvalue weighted by Gasteiger charge is 1.57. The van der Waals surface area contributed by atoms with Crippen molar-refractivity contribution in [2.75, 3.05) is 7.05 Å². The summed E-state index contributed by atoms with van der Waals surface area (Å²) in [6, 6.07) is 0. The van der Waals surface area contributed by atoms with E-state index in [4.69, 9.17) is 0 Å². The van der Waals surface area contributed by atoms with Crippen LogP contribution in [0.15, 0.2) is 0 Å². The molecule has 0 spiro atoms. The first-order chi connectivity index (χ1) is 2.91. The van der Waals surface area contributed by atoms with Crippen molar-refractivity contribution < 1.29 is 0 Å². The molecule has 0 atom stereocenters. The summed E-state index contributed by atoms with van der Waals surface area (Å²) < 4.78 is 0. The smallest absolute Gasteiger partial charge is 0.0195 e. The van der Waals surface area contributed by atoms with E-state index >= 15 is 0 Å². The van der Waals surface area contributed by atoms with Gasteiger partial charge in [-0.25, -0.2) is 0 Å². The molecular formula is C5H14N. The molecule has 0 rings (SSSR count). The summed E-state index contributed by atoms with van der Waals surface area (Å²) in [7, 11) is 1.50. The van der Waals surface area contributed by atoms with E-state index < -0.39 is 0 Å². The number of unbranched alkanes of at least 4 members (excludes halogenated alkanes) is 1. The predicted molar refractivity (Wildman–Crippen MR) is 30.4 cm³/mol. The van der Waals surface area contributed by atoms with Crippen LogP contribution in [0.25, 0.3) is 0 Å². The zero-order chi connectivity index (χ0) is 5.41. The predicted octanol–water partition coefficient (Wildman–Crippen LogP) is 1.20. The lowest BCUT2D eigenvalue weighted by Gasteiger charge is -1.67. The van der Waals surface area contributed by atoms with Gasteiger partial charge in [0.1, 0.15) is 0 Å². The highest BCUT2D eigenvalue weighted by Crippen LogP contribution is 1.74. The van der Waals surface area contributed by atoms with Gasteiger partial charge in [0.05, 0.1) is 0 Å². The molecule has 0 saturated heterocycles. The van der Waals surface area contributed by atoms with Gasteiger partial charge < -0.3 is 5.73 Å². The number of nitrogens with two attached hydrogens (primary N) is 1. The molecule has 0 fully saturated rings. The number of hydrogen-bond donors (Lipinski definition) is 1. The van der Waals surface area contributed by atoms with Gasteiger partial charge in [0.25, 0.3) is 0 Å². The molecule has 0 amide bonds. The first-order valence-corrected chi connectivity index (χ1v) is 2.27. The maximum absolute atomic E-state index is 4.50. The van der Waals surface area contributed by atoms with Crippen LogP contribution in [0.1, 0.15) is 20.3 Å². The quantitative estimate of drug-likeness (QED) is 0.512. The second-order valence-electron chi connectivity index (χ2n) is 0.816. The van der Waals surface area contributed by atoms with Crippen LogP contribution in [0, 0.1) is 6.42 Å². The summed E-state index contributed by atoms with van der Waals surface area (Å²) in [4.78, 5) is 0. The largest absolute Gasteiger partial charge is 0.333 e. The molecule has 0 aliphatic carbocycles. The average molecular weight is 88.2 g/mol. The van der Waals surface area contributed by atoms with Crippen LogP contribution in [0.4, 0.5) is 0 Å². The number of rotatable bonds is 1. The molecule has 39 valence electrons. The van der Waals surface area contributed by atoms with Crippen LogP contribution >= 0.6 is 0 Å². The molecule has 0 aromatic carbocycles. The Morgan fingerprint density at radius 2 is 1.67 bits per heavy atom. The third kappa shape index (κ3) is 37.6. The molecule has 0 aliphatic heterocycles. The molecule has 6 heavy (non-hydrogen) atoms. The molecule has 2 N–H and O–H groups in total. The molecule has 0 aromatic heterocycles. The lowest BCUT2D eigenvalue weighted by Crippen LogP contribution is -1.69. The van der Waals surface area contributed by atoms with Gasteiger partial charge in [0.2, 0.25) is 0 Å². The topological polar surface area (TPSA) is 26.0 Å². The van der Waals surface area contributed by atoms with E-state index in [0.29, 0.717) is 0 Å². The maximum Gasteiger partial charge on any atom is -0.0195 e. The summed E-state index contributed by atoms with van der Waals surface area (Å²) in [6.07, 6.45) is 3.32. The molecule has 0 saturated carbocycles. The second-order valence-corrected chi connectivity index (χ2v) is 0.816. The van der Waals surface area contributed by atoms with Crippen molar-refractivity contribution >= 4 is 0 Å². The lowest BCUT2D eigenvalue weighted by atomic mass is 10.4. The fourth-order valence-electron chi connectivity index (χ4n) is 0. The Balaban J connectivity index is 0. The Hall–Kier alpha value is -0.0400. The Morgan fingerprint density at radius 3 is 1.67 bits per heavy atom. The molecule has 0 unspecified atom stereocenters. The van der Waals surface area contributed by atoms with Gasteiger partial charge in [-0.05, 0) is 13.5 Å². The monoisotopic (exact) mass is 88.1 g/mol. The minimum Gasteiger partial charge on any atom is -0.333 e. The first-order valence-electron chi connectivity index (χ1n) is 2.27. The van der Waals surface area contributed by atoms with Gasteiger partial charge in [-0.1, -0.05) is 20.3 Å². The summed E-state index contributed by atoms with van der Waals surface area (Å²) in [5, 5.41) is 0. The van der Waals surface area contributed by atoms with Crippen LogP contribution < -0.4 is 5.73 Å². The fourth-order valence-corrected chi connectivity index (χ4v) is 0. The van der Waals surface area contributed by atoms with Crippen LogP contribution in [-0.2, 0) is 0 Å². The minimum absolute atomic E-state index is 1.19. The number of hydrogen-bond acceptors (Lipinski definition) is 1. The molecule has 0 heterocycles. The zero-order valence-corrected chi connectivity index (χ0v) is 4.86. The van der Waals surface area contributed by atoms with Crippen molar-refractivity contribution in [1.82, 2.24) is 0 Å². The summed E-state index contributed by atoms with van der Waals surface area (Å²) >= 11 is 0. The van der Waals surface area contributed by atoms with E-state index in [9.17, 15) is 0 Å². The fraction of sp³-hybridized carbons (Fsp3) is 0.800. The van der Waals surface area contributed by atoms with Crippen molar-refractivity contribution in [1.29, 1.82) is 0 Å². The third-order valence-electron chi connectivity index (χ3n) is 0.408. The summed E-state index contributed by atoms with van der Waals surface area (Å²) in [5.74, 6) is 0. The third-order valence-corrected chi connectivity index (χ3v) is 0.408. The molecule has 0 aromatic rings. The molecule has 1 radical (unpaired) electrons. The average Bonchev–Trinajstić information content (AvgIpc) is 1.72. The molecule has 0 bridgehead atoms. The van der Waals surface area contributed by atoms with Crippen LogP contribution in [0.3, 0.4) is 0 Å². The minimum atomic E-state index is 1.19. The Labute approximate surface area is 40.5 Å². The van der Waals surface area contributed by atoms with Crippen molar-refractivity contribution in [3.8, 4) is 0 Å². The molecule has 1 heteroatoms. The van der Waals surface area contributed by atoms with Crippen molar-refractivity contribution in [3.63, 3.8) is 0 Å². The van der Waals surface area contributed by atoms with Crippen molar-refractivity contribution in [2.45, 2.75) is 20.3 Å². The van der Waals surface area contributed by atoms with Gasteiger partial charge >= 0.3 is 0 Å². The highest BCUT2D eigenvalue weighted by molar-refractivity contribution is 4.45. The SMILES string of the molecule is CN.C[CH]CC. The van der Waals surface area contributed by atoms with E-state index in [1.54, 1.807) is 0 Å². The first kappa shape index (κ1) is 9.35. The van der Waals surface area contributed by atoms with Gasteiger partial charge in [0, 0.05) is 0 Å². The van der Waals surface area contributed by atoms with Gasteiger partial charge in [-0.15, -0.1) is 0 Å². The van der Waals surface area contributed by atoms with Crippen LogP contribution in [0.5, 0.6) is 0 Å². The maximum atomic E-state index is 4.50. The Bertz CT molecular complexity index is 5.90. The Morgan fingerprint density at radius 1 is 1.50 bits per heavy atom. The highest BCUT2D eigenvalue weighted by atomic mass is 14.4. The van der Waals surface area contributed by atoms with Crippen LogP contribution in [0.2, 0.25) is 0 Å². The van der Waals surface area contributed by atoms with Gasteiger partial charge in [0.15, 0.2) is 0 Å². The van der Waals surface area contributed by atoms with E-state index in [1.807, 2.05) is 0 Å². The Kier molecular flexibility index (Phi) is 31.6. The second kappa shape index (κ2) is 20.2. The molecular weight excluding hydrogens is 74.1 g/mol. The summed E-state index contributed by atoms with van der Waals surface area (Å²) in [6.45, 7) is 4.18. The van der Waals surface area contributed by atoms with E-state index in [0.717, 1.165) is 0 Å². The lowest BCUT2D eigenvalue weighted by molar-refractivity contribution is 1.10. The molecule has 1 nitrogen and oxygen atoms in total. The molecule has 0 aliphatic rings. The van der Waals surface area contributed by atoms with Gasteiger partial charge in [-0.2, -0.15) is 0 Å². The van der Waals surface area contributed by atoms with Crippen molar-refractivity contribution in [2.24, 2.45) is 5.73 Å². The van der Waals surface area contributed by atoms with E-state index in [-0.39, 0.29) is 0 Å². The van der Waals surface area contributed by atoms with E-state index in [1.165, 1.54) is 13.5 Å². The standard InChI is InChI=1S/C4H9.CH5N/c1-3-4-2;1-2/h3H,4H2,1-2H3;2H2,1H3. The van der Waals surface area contributed by atoms with E-state index in [2.05, 4.69) is 26.0 Å².